The number of amidine groups is 1. The molecule has 2 nitrogen and oxygen atoms in total. The average molecular weight is 207 g/mol. The maximum Gasteiger partial charge on any atom is 0.123 e. The predicted molar refractivity (Wildman–Crippen MR) is 58.2 cm³/mol. The highest BCUT2D eigenvalue weighted by atomic mass is 35.5. The fourth-order valence-corrected chi connectivity index (χ4v) is 2.38. The van der Waals surface area contributed by atoms with Crippen molar-refractivity contribution >= 4 is 23.1 Å². The van der Waals surface area contributed by atoms with Crippen LogP contribution in [-0.4, -0.2) is 22.7 Å². The van der Waals surface area contributed by atoms with Crippen molar-refractivity contribution in [3.63, 3.8) is 0 Å². The molecule has 14 heavy (non-hydrogen) atoms. The van der Waals surface area contributed by atoms with Gasteiger partial charge in [-0.15, -0.1) is 11.6 Å². The van der Waals surface area contributed by atoms with E-state index in [1.54, 1.807) is 0 Å². The summed E-state index contributed by atoms with van der Waals surface area (Å²) >= 11 is 6.18. The highest BCUT2D eigenvalue weighted by Gasteiger charge is 2.30. The number of hydrogen-bond donors (Lipinski definition) is 0. The van der Waals surface area contributed by atoms with E-state index in [2.05, 4.69) is 28.1 Å². The van der Waals surface area contributed by atoms with Gasteiger partial charge in [0, 0.05) is 13.1 Å². The molecule has 2 aliphatic rings. The van der Waals surface area contributed by atoms with Crippen LogP contribution in [0.15, 0.2) is 29.3 Å². The molecule has 1 fully saturated rings. The summed E-state index contributed by atoms with van der Waals surface area (Å²) in [6.45, 7) is 2.01. The van der Waals surface area contributed by atoms with Crippen LogP contribution >= 0.6 is 11.6 Å². The lowest BCUT2D eigenvalue weighted by Crippen LogP contribution is -2.29. The Morgan fingerprint density at radius 3 is 3.14 bits per heavy atom. The number of nitrogens with zero attached hydrogens (tertiary/aromatic N) is 2. The molecule has 1 saturated heterocycles. The third-order valence-corrected chi connectivity index (χ3v) is 3.26. The smallest absolute Gasteiger partial charge is 0.123 e. The molecule has 3 heteroatoms. The number of aliphatic imine (C=N–C) groups is 1. The molecule has 72 valence electrons. The second-order valence-corrected chi connectivity index (χ2v) is 4.30. The highest BCUT2D eigenvalue weighted by molar-refractivity contribution is 6.32. The zero-order valence-corrected chi connectivity index (χ0v) is 8.54. The van der Waals surface area contributed by atoms with Crippen LogP contribution in [0.1, 0.15) is 12.0 Å². The fraction of sp³-hybridized carbons (Fsp3) is 0.364. The Bertz CT molecular complexity index is 400. The summed E-state index contributed by atoms with van der Waals surface area (Å²) in [5.41, 5.74) is 2.40. The van der Waals surface area contributed by atoms with Gasteiger partial charge in [-0.3, -0.25) is 0 Å². The lowest BCUT2D eigenvalue weighted by Gasteiger charge is -2.25. The lowest BCUT2D eigenvalue weighted by molar-refractivity contribution is 0.443. The Balaban J connectivity index is 2.09. The van der Waals surface area contributed by atoms with E-state index in [-0.39, 0.29) is 5.38 Å². The molecular formula is C11H11ClN2. The Morgan fingerprint density at radius 2 is 2.21 bits per heavy atom. The first-order valence-electron chi connectivity index (χ1n) is 4.90. The molecule has 0 bridgehead atoms. The van der Waals surface area contributed by atoms with Crippen LogP contribution in [-0.2, 0) is 6.54 Å². The second kappa shape index (κ2) is 2.99. The van der Waals surface area contributed by atoms with Gasteiger partial charge in [0.15, 0.2) is 0 Å². The van der Waals surface area contributed by atoms with Crippen LogP contribution in [0.2, 0.25) is 0 Å². The Morgan fingerprint density at radius 1 is 1.36 bits per heavy atom. The molecule has 1 aromatic carbocycles. The summed E-state index contributed by atoms with van der Waals surface area (Å²) in [4.78, 5) is 6.88. The first-order valence-corrected chi connectivity index (χ1v) is 5.34. The minimum absolute atomic E-state index is 0.114. The van der Waals surface area contributed by atoms with Crippen molar-refractivity contribution < 1.29 is 0 Å². The van der Waals surface area contributed by atoms with Gasteiger partial charge in [-0.1, -0.05) is 18.2 Å². The van der Waals surface area contributed by atoms with Gasteiger partial charge < -0.3 is 4.90 Å². The van der Waals surface area contributed by atoms with E-state index in [0.29, 0.717) is 0 Å². The second-order valence-electron chi connectivity index (χ2n) is 3.78. The largest absolute Gasteiger partial charge is 0.354 e. The van der Waals surface area contributed by atoms with Gasteiger partial charge in [-0.2, -0.15) is 0 Å². The standard InChI is InChI=1S/C11H11ClN2/c12-9-5-6-14-7-8-3-1-2-4-10(8)13-11(9)14/h1-4,9H,5-7H2. The molecular weight excluding hydrogens is 196 g/mol. The van der Waals surface area contributed by atoms with Crippen molar-refractivity contribution in [2.24, 2.45) is 4.99 Å². The number of alkyl halides is 1. The monoisotopic (exact) mass is 206 g/mol. The number of fused-ring (bicyclic) bond motifs is 2. The molecule has 0 spiro atoms. The first-order chi connectivity index (χ1) is 6.84. The molecule has 0 aliphatic carbocycles. The fourth-order valence-electron chi connectivity index (χ4n) is 2.09. The van der Waals surface area contributed by atoms with Crippen molar-refractivity contribution in [1.29, 1.82) is 0 Å². The molecule has 3 rings (SSSR count). The Labute approximate surface area is 88.2 Å². The van der Waals surface area contributed by atoms with Gasteiger partial charge >= 0.3 is 0 Å². The molecule has 2 heterocycles. The Hall–Kier alpha value is -1.02. The summed E-state index contributed by atoms with van der Waals surface area (Å²) in [5, 5.41) is 0.114. The van der Waals surface area contributed by atoms with E-state index in [1.165, 1.54) is 5.56 Å². The molecule has 1 unspecified atom stereocenters. The molecule has 0 saturated carbocycles. The molecule has 1 atom stereocenters. The third kappa shape index (κ3) is 1.14. The maximum absolute atomic E-state index is 6.18. The Kier molecular flexibility index (Phi) is 1.77. The van der Waals surface area contributed by atoms with Crippen molar-refractivity contribution in [3.05, 3.63) is 29.8 Å². The van der Waals surface area contributed by atoms with Crippen molar-refractivity contribution in [2.75, 3.05) is 6.54 Å². The summed E-state index contributed by atoms with van der Waals surface area (Å²) in [6.07, 6.45) is 1.02. The van der Waals surface area contributed by atoms with Crippen molar-refractivity contribution in [3.8, 4) is 0 Å². The zero-order chi connectivity index (χ0) is 9.54. The summed E-state index contributed by atoms with van der Waals surface area (Å²) < 4.78 is 0. The topological polar surface area (TPSA) is 15.6 Å². The molecule has 1 aromatic rings. The van der Waals surface area contributed by atoms with Gasteiger partial charge in [0.25, 0.3) is 0 Å². The normalized spacial score (nSPS) is 24.2. The van der Waals surface area contributed by atoms with Crippen LogP contribution < -0.4 is 0 Å². The van der Waals surface area contributed by atoms with E-state index in [1.807, 2.05) is 6.07 Å². The van der Waals surface area contributed by atoms with Crippen LogP contribution in [0.25, 0.3) is 0 Å². The minimum Gasteiger partial charge on any atom is -0.354 e. The van der Waals surface area contributed by atoms with E-state index >= 15 is 0 Å². The van der Waals surface area contributed by atoms with Crippen LogP contribution in [0, 0.1) is 0 Å². The first kappa shape index (κ1) is 8.30. The number of para-hydroxylation sites is 1. The van der Waals surface area contributed by atoms with Gasteiger partial charge in [0.1, 0.15) is 5.84 Å². The predicted octanol–water partition coefficient (Wildman–Crippen LogP) is 2.54. The zero-order valence-electron chi connectivity index (χ0n) is 7.78. The molecule has 0 radical (unpaired) electrons. The quantitative estimate of drug-likeness (QED) is 0.596. The molecule has 0 aromatic heterocycles. The minimum atomic E-state index is 0.114. The third-order valence-electron chi connectivity index (χ3n) is 2.84. The lowest BCUT2D eigenvalue weighted by atomic mass is 10.1. The van der Waals surface area contributed by atoms with Crippen LogP contribution in [0.5, 0.6) is 0 Å². The van der Waals surface area contributed by atoms with Gasteiger partial charge in [0.2, 0.25) is 0 Å². The van der Waals surface area contributed by atoms with Crippen molar-refractivity contribution in [2.45, 2.75) is 18.3 Å². The molecule has 0 amide bonds. The number of rotatable bonds is 0. The average Bonchev–Trinajstić information content (AvgIpc) is 2.57. The number of benzene rings is 1. The van der Waals surface area contributed by atoms with E-state index in [0.717, 1.165) is 31.0 Å². The maximum atomic E-state index is 6.18. The number of halogens is 1. The van der Waals surface area contributed by atoms with E-state index < -0.39 is 0 Å². The van der Waals surface area contributed by atoms with Crippen molar-refractivity contribution in [1.82, 2.24) is 4.90 Å². The van der Waals surface area contributed by atoms with Gasteiger partial charge in [0.05, 0.1) is 11.1 Å². The summed E-state index contributed by atoms with van der Waals surface area (Å²) in [6, 6.07) is 8.28. The van der Waals surface area contributed by atoms with Gasteiger partial charge in [-0.25, -0.2) is 4.99 Å². The highest BCUT2D eigenvalue weighted by Crippen LogP contribution is 2.31. The molecule has 0 N–H and O–H groups in total. The van der Waals surface area contributed by atoms with Crippen LogP contribution in [0.4, 0.5) is 5.69 Å². The summed E-state index contributed by atoms with van der Waals surface area (Å²) in [5.74, 6) is 1.06. The summed E-state index contributed by atoms with van der Waals surface area (Å²) in [7, 11) is 0. The number of hydrogen-bond acceptors (Lipinski definition) is 2. The van der Waals surface area contributed by atoms with E-state index in [9.17, 15) is 0 Å². The van der Waals surface area contributed by atoms with Gasteiger partial charge in [-0.05, 0) is 18.1 Å². The van der Waals surface area contributed by atoms with Crippen LogP contribution in [0.3, 0.4) is 0 Å². The molecule has 2 aliphatic heterocycles. The SMILES string of the molecule is ClC1CCN2Cc3ccccc3N=C12. The van der Waals surface area contributed by atoms with E-state index in [4.69, 9.17) is 11.6 Å².